The summed E-state index contributed by atoms with van der Waals surface area (Å²) in [6.07, 6.45) is 0. The van der Waals surface area contributed by atoms with Gasteiger partial charge in [0.25, 0.3) is 5.69 Å². The minimum atomic E-state index is -0.793. The Morgan fingerprint density at radius 3 is 2.47 bits per heavy atom. The van der Waals surface area contributed by atoms with Crippen molar-refractivity contribution in [1.82, 2.24) is 5.32 Å². The third-order valence-electron chi connectivity index (χ3n) is 2.60. The quantitative estimate of drug-likeness (QED) is 0.432. The van der Waals surface area contributed by atoms with Gasteiger partial charge in [-0.1, -0.05) is 0 Å². The Morgan fingerprint density at radius 2 is 2.00 bits per heavy atom. The molecule has 1 aromatic rings. The number of nitrogens with one attached hydrogen (secondary N) is 1. The van der Waals surface area contributed by atoms with Crippen LogP contribution in [-0.2, 0) is 4.79 Å². The Hall–Kier alpha value is -2.15. The minimum Gasteiger partial charge on any atom is -0.492 e. The number of amides is 1. The van der Waals surface area contributed by atoms with Crippen LogP contribution >= 0.6 is 0 Å². The lowest BCUT2D eigenvalue weighted by atomic mass is 10.1. The van der Waals surface area contributed by atoms with Crippen molar-refractivity contribution in [3.8, 4) is 5.75 Å². The van der Waals surface area contributed by atoms with Crippen molar-refractivity contribution in [3.05, 3.63) is 34.4 Å². The fraction of sp³-hybridized carbons (Fsp3) is 0.417. The average Bonchev–Trinajstić information content (AvgIpc) is 2.35. The van der Waals surface area contributed by atoms with Crippen LogP contribution in [0.1, 0.15) is 13.8 Å². The van der Waals surface area contributed by atoms with Gasteiger partial charge in [-0.25, -0.2) is 0 Å². The Morgan fingerprint density at radius 1 is 1.42 bits per heavy atom. The number of nitro groups is 1. The van der Waals surface area contributed by atoms with Crippen molar-refractivity contribution >= 4 is 11.6 Å². The van der Waals surface area contributed by atoms with E-state index in [-0.39, 0.29) is 5.69 Å². The van der Waals surface area contributed by atoms with E-state index in [0.717, 1.165) is 0 Å². The monoisotopic (exact) mass is 267 g/mol. The van der Waals surface area contributed by atoms with Crippen LogP contribution in [0, 0.1) is 10.1 Å². The average molecular weight is 267 g/mol. The molecule has 0 aliphatic heterocycles. The lowest BCUT2D eigenvalue weighted by molar-refractivity contribution is -0.384. The molecule has 3 N–H and O–H groups in total. The van der Waals surface area contributed by atoms with Crippen LogP contribution in [-0.4, -0.2) is 29.5 Å². The third kappa shape index (κ3) is 4.55. The summed E-state index contributed by atoms with van der Waals surface area (Å²) in [6, 6.07) is 5.79. The van der Waals surface area contributed by atoms with Gasteiger partial charge in [0.2, 0.25) is 5.91 Å². The summed E-state index contributed by atoms with van der Waals surface area (Å²) in [5, 5.41) is 13.4. The summed E-state index contributed by atoms with van der Waals surface area (Å²) >= 11 is 0. The van der Waals surface area contributed by atoms with Gasteiger partial charge >= 0.3 is 0 Å². The number of nitro benzene ring substituents is 1. The highest BCUT2D eigenvalue weighted by atomic mass is 16.6. The Balaban J connectivity index is 2.38. The zero-order chi connectivity index (χ0) is 14.5. The number of nitrogens with zero attached hydrogens (tertiary/aromatic N) is 1. The minimum absolute atomic E-state index is 0.0142. The summed E-state index contributed by atoms with van der Waals surface area (Å²) < 4.78 is 5.38. The molecule has 7 nitrogen and oxygen atoms in total. The van der Waals surface area contributed by atoms with Crippen LogP contribution in [0.2, 0.25) is 0 Å². The number of primary amides is 1. The highest BCUT2D eigenvalue weighted by Gasteiger charge is 2.23. The van der Waals surface area contributed by atoms with E-state index in [1.54, 1.807) is 13.8 Å². The van der Waals surface area contributed by atoms with E-state index in [1.165, 1.54) is 24.3 Å². The summed E-state index contributed by atoms with van der Waals surface area (Å²) in [7, 11) is 0. The number of carbonyl (C=O) groups is 1. The highest BCUT2D eigenvalue weighted by Crippen LogP contribution is 2.17. The molecule has 0 aliphatic carbocycles. The molecule has 0 bridgehead atoms. The van der Waals surface area contributed by atoms with Gasteiger partial charge in [-0.15, -0.1) is 0 Å². The van der Waals surface area contributed by atoms with Gasteiger partial charge in [-0.05, 0) is 26.0 Å². The maximum Gasteiger partial charge on any atom is 0.269 e. The first-order valence-electron chi connectivity index (χ1n) is 5.75. The molecule has 7 heteroatoms. The van der Waals surface area contributed by atoms with Crippen molar-refractivity contribution in [3.63, 3.8) is 0 Å². The van der Waals surface area contributed by atoms with Gasteiger partial charge in [-0.3, -0.25) is 14.9 Å². The molecule has 19 heavy (non-hydrogen) atoms. The van der Waals surface area contributed by atoms with Gasteiger partial charge in [0.05, 0.1) is 10.5 Å². The number of hydrogen-bond acceptors (Lipinski definition) is 5. The molecule has 0 saturated carbocycles. The molecule has 1 amide bonds. The van der Waals surface area contributed by atoms with E-state index in [9.17, 15) is 14.9 Å². The van der Waals surface area contributed by atoms with E-state index >= 15 is 0 Å². The summed E-state index contributed by atoms with van der Waals surface area (Å²) in [5.74, 6) is 0.0899. The van der Waals surface area contributed by atoms with E-state index < -0.39 is 16.4 Å². The molecule has 1 aromatic carbocycles. The van der Waals surface area contributed by atoms with Crippen LogP contribution in [0.4, 0.5) is 5.69 Å². The van der Waals surface area contributed by atoms with Crippen LogP contribution in [0.3, 0.4) is 0 Å². The lowest BCUT2D eigenvalue weighted by Gasteiger charge is -2.22. The molecule has 0 aliphatic rings. The van der Waals surface area contributed by atoms with Gasteiger partial charge in [-0.2, -0.15) is 0 Å². The summed E-state index contributed by atoms with van der Waals surface area (Å²) in [4.78, 5) is 21.0. The first-order chi connectivity index (χ1) is 8.83. The van der Waals surface area contributed by atoms with Crippen molar-refractivity contribution in [2.45, 2.75) is 19.4 Å². The van der Waals surface area contributed by atoms with Crippen molar-refractivity contribution in [2.24, 2.45) is 5.73 Å². The topological polar surface area (TPSA) is 107 Å². The maximum absolute atomic E-state index is 11.0. The zero-order valence-corrected chi connectivity index (χ0v) is 10.9. The fourth-order valence-electron chi connectivity index (χ4n) is 1.28. The molecule has 104 valence electrons. The van der Waals surface area contributed by atoms with Crippen molar-refractivity contribution in [1.29, 1.82) is 0 Å². The summed E-state index contributed by atoms with van der Waals surface area (Å²) in [6.45, 7) is 4.13. The smallest absolute Gasteiger partial charge is 0.269 e. The van der Waals surface area contributed by atoms with Crippen molar-refractivity contribution in [2.75, 3.05) is 13.2 Å². The van der Waals surface area contributed by atoms with Crippen LogP contribution in [0.5, 0.6) is 5.75 Å². The lowest BCUT2D eigenvalue weighted by Crippen LogP contribution is -2.51. The highest BCUT2D eigenvalue weighted by molar-refractivity contribution is 5.83. The molecule has 0 saturated heterocycles. The van der Waals surface area contributed by atoms with Crippen LogP contribution in [0.25, 0.3) is 0 Å². The van der Waals surface area contributed by atoms with Gasteiger partial charge in [0.1, 0.15) is 12.4 Å². The largest absolute Gasteiger partial charge is 0.492 e. The van der Waals surface area contributed by atoms with Gasteiger partial charge in [0.15, 0.2) is 0 Å². The van der Waals surface area contributed by atoms with Crippen LogP contribution in [0.15, 0.2) is 24.3 Å². The molecule has 0 atom stereocenters. The molecule has 0 aromatic heterocycles. The SMILES string of the molecule is CC(C)(NCCOc1ccc([N+](=O)[O-])cc1)C(N)=O. The number of hydrogen-bond donors (Lipinski definition) is 2. The number of carbonyl (C=O) groups excluding carboxylic acids is 1. The Bertz CT molecular complexity index is 457. The molecule has 0 radical (unpaired) electrons. The standard InChI is InChI=1S/C12H17N3O4/c1-12(2,11(13)16)14-7-8-19-10-5-3-9(4-6-10)15(17)18/h3-6,14H,7-8H2,1-2H3,(H2,13,16). The van der Waals surface area contributed by atoms with E-state index in [2.05, 4.69) is 5.32 Å². The second-order valence-corrected chi connectivity index (χ2v) is 4.52. The van der Waals surface area contributed by atoms with E-state index in [0.29, 0.717) is 18.9 Å². The van der Waals surface area contributed by atoms with E-state index in [4.69, 9.17) is 10.5 Å². The number of non-ortho nitro benzene ring substituents is 1. The van der Waals surface area contributed by atoms with E-state index in [1.807, 2.05) is 0 Å². The molecule has 0 fully saturated rings. The molecule has 0 heterocycles. The molecule has 0 unspecified atom stereocenters. The first kappa shape index (κ1) is 14.9. The first-order valence-corrected chi connectivity index (χ1v) is 5.75. The van der Waals surface area contributed by atoms with Crippen LogP contribution < -0.4 is 15.8 Å². The summed E-state index contributed by atoms with van der Waals surface area (Å²) in [5.41, 5.74) is 4.42. The number of rotatable bonds is 7. The molecular weight excluding hydrogens is 250 g/mol. The number of ether oxygens (including phenoxy) is 1. The Labute approximate surface area is 110 Å². The molecular formula is C12H17N3O4. The third-order valence-corrected chi connectivity index (χ3v) is 2.60. The van der Waals surface area contributed by atoms with Gasteiger partial charge < -0.3 is 15.8 Å². The number of nitrogens with two attached hydrogens (primary N) is 1. The zero-order valence-electron chi connectivity index (χ0n) is 10.9. The Kier molecular flexibility index (Phi) is 4.82. The second-order valence-electron chi connectivity index (χ2n) is 4.52. The predicted molar refractivity (Wildman–Crippen MR) is 69.9 cm³/mol. The maximum atomic E-state index is 11.0. The predicted octanol–water partition coefficient (Wildman–Crippen LogP) is 0.827. The fourth-order valence-corrected chi connectivity index (χ4v) is 1.28. The van der Waals surface area contributed by atoms with Gasteiger partial charge in [0, 0.05) is 18.7 Å². The number of benzene rings is 1. The van der Waals surface area contributed by atoms with Crippen molar-refractivity contribution < 1.29 is 14.5 Å². The second kappa shape index (κ2) is 6.14. The molecule has 0 spiro atoms. The molecule has 1 rings (SSSR count). The normalized spacial score (nSPS) is 11.1.